The highest BCUT2D eigenvalue weighted by molar-refractivity contribution is 5.97. The van der Waals surface area contributed by atoms with E-state index in [1.54, 1.807) is 31.2 Å². The number of amides is 2. The van der Waals surface area contributed by atoms with E-state index in [0.717, 1.165) is 17.0 Å². The third kappa shape index (κ3) is 4.31. The Kier molecular flexibility index (Phi) is 6.18. The summed E-state index contributed by atoms with van der Waals surface area (Å²) in [5.41, 5.74) is 4.27. The lowest BCUT2D eigenvalue weighted by Crippen LogP contribution is -2.36. The number of nitrogens with zero attached hydrogens (tertiary/aromatic N) is 3. The molecule has 0 saturated carbocycles. The van der Waals surface area contributed by atoms with E-state index in [9.17, 15) is 9.59 Å². The number of aryl methyl sites for hydroxylation is 2. The lowest BCUT2D eigenvalue weighted by molar-refractivity contribution is -0.115. The molecule has 26 heavy (non-hydrogen) atoms. The molecule has 0 radical (unpaired) electrons. The predicted molar refractivity (Wildman–Crippen MR) is 103 cm³/mol. The summed E-state index contributed by atoms with van der Waals surface area (Å²) < 4.78 is 1.84. The topological polar surface area (TPSA) is 67.2 Å². The molecule has 0 unspecified atom stereocenters. The summed E-state index contributed by atoms with van der Waals surface area (Å²) in [6.45, 7) is 10.3. The van der Waals surface area contributed by atoms with Gasteiger partial charge in [0.25, 0.3) is 5.91 Å². The number of hydrogen-bond donors (Lipinski definition) is 1. The number of rotatable bonds is 6. The molecule has 6 nitrogen and oxygen atoms in total. The molecule has 1 aromatic heterocycles. The molecule has 0 aliphatic heterocycles. The molecular weight excluding hydrogens is 328 g/mol. The summed E-state index contributed by atoms with van der Waals surface area (Å²) in [6, 6.07) is 7.13. The molecule has 1 heterocycles. The van der Waals surface area contributed by atoms with Gasteiger partial charge in [0.15, 0.2) is 0 Å². The van der Waals surface area contributed by atoms with Crippen LogP contribution in [0.3, 0.4) is 0 Å². The Balaban J connectivity index is 2.29. The Bertz CT molecular complexity index is 808. The van der Waals surface area contributed by atoms with E-state index in [1.807, 2.05) is 44.3 Å². The number of carbonyl (C=O) groups excluding carboxylic acids is 2. The number of nitrogens with one attached hydrogen (secondary N) is 1. The third-order valence-corrected chi connectivity index (χ3v) is 4.59. The van der Waals surface area contributed by atoms with Gasteiger partial charge in [-0.2, -0.15) is 5.10 Å². The smallest absolute Gasteiger partial charge is 0.254 e. The van der Waals surface area contributed by atoms with Gasteiger partial charge in [0, 0.05) is 48.6 Å². The molecular formula is C20H28N4O2. The maximum absolute atomic E-state index is 13.1. The van der Waals surface area contributed by atoms with Gasteiger partial charge in [-0.15, -0.1) is 0 Å². The van der Waals surface area contributed by atoms with Gasteiger partial charge in [-0.3, -0.25) is 14.3 Å². The van der Waals surface area contributed by atoms with E-state index in [2.05, 4.69) is 10.4 Å². The van der Waals surface area contributed by atoms with Gasteiger partial charge >= 0.3 is 0 Å². The first-order chi connectivity index (χ1) is 12.2. The third-order valence-electron chi connectivity index (χ3n) is 4.59. The lowest BCUT2D eigenvalue weighted by atomic mass is 10.1. The van der Waals surface area contributed by atoms with Crippen LogP contribution in [0.1, 0.15) is 54.5 Å². The Hall–Kier alpha value is -2.63. The first-order valence-electron chi connectivity index (χ1n) is 8.94. The molecule has 0 saturated heterocycles. The van der Waals surface area contributed by atoms with Crippen molar-refractivity contribution in [2.75, 3.05) is 5.32 Å². The van der Waals surface area contributed by atoms with Crippen molar-refractivity contribution < 1.29 is 9.59 Å². The Morgan fingerprint density at radius 1 is 1.27 bits per heavy atom. The zero-order chi connectivity index (χ0) is 19.4. The number of benzene rings is 1. The molecule has 0 aliphatic rings. The molecule has 2 aromatic rings. The number of aromatic nitrogens is 2. The van der Waals surface area contributed by atoms with Crippen LogP contribution in [0.2, 0.25) is 0 Å². The molecule has 2 rings (SSSR count). The first kappa shape index (κ1) is 19.7. The lowest BCUT2D eigenvalue weighted by Gasteiger charge is -2.27. The second-order valence-electron chi connectivity index (χ2n) is 6.78. The first-order valence-corrected chi connectivity index (χ1v) is 8.94. The highest BCUT2D eigenvalue weighted by Gasteiger charge is 2.22. The average molecular weight is 356 g/mol. The van der Waals surface area contributed by atoms with Gasteiger partial charge < -0.3 is 10.2 Å². The minimum absolute atomic E-state index is 0.0374. The van der Waals surface area contributed by atoms with Gasteiger partial charge in [-0.1, -0.05) is 13.0 Å². The molecule has 6 heteroatoms. The molecule has 140 valence electrons. The zero-order valence-corrected chi connectivity index (χ0v) is 16.5. The highest BCUT2D eigenvalue weighted by atomic mass is 16.2. The van der Waals surface area contributed by atoms with Crippen LogP contribution in [0.25, 0.3) is 0 Å². The van der Waals surface area contributed by atoms with Crippen LogP contribution in [0, 0.1) is 13.8 Å². The average Bonchev–Trinajstić information content (AvgIpc) is 2.84. The van der Waals surface area contributed by atoms with Crippen LogP contribution >= 0.6 is 0 Å². The molecule has 0 aliphatic carbocycles. The molecule has 0 fully saturated rings. The van der Waals surface area contributed by atoms with E-state index in [-0.39, 0.29) is 17.9 Å². The van der Waals surface area contributed by atoms with Crippen molar-refractivity contribution in [1.29, 1.82) is 0 Å². The van der Waals surface area contributed by atoms with E-state index < -0.39 is 0 Å². The van der Waals surface area contributed by atoms with Crippen molar-refractivity contribution >= 4 is 17.5 Å². The van der Waals surface area contributed by atoms with Gasteiger partial charge in [-0.25, -0.2) is 0 Å². The summed E-state index contributed by atoms with van der Waals surface area (Å²) in [6.07, 6.45) is 0.399. The second-order valence-corrected chi connectivity index (χ2v) is 6.78. The minimum atomic E-state index is -0.0723. The molecule has 2 amide bonds. The van der Waals surface area contributed by atoms with Crippen molar-refractivity contribution in [2.45, 2.75) is 53.6 Å². The quantitative estimate of drug-likeness (QED) is 0.862. The SMILES string of the molecule is CCC(=O)Nc1cccc(C(=O)N(Cc2c(C)nn(C)c2C)C(C)C)c1. The Morgan fingerprint density at radius 2 is 1.96 bits per heavy atom. The molecule has 0 atom stereocenters. The normalized spacial score (nSPS) is 10.9. The largest absolute Gasteiger partial charge is 0.332 e. The Labute approximate surface area is 155 Å². The van der Waals surface area contributed by atoms with E-state index in [4.69, 9.17) is 0 Å². The summed E-state index contributed by atoms with van der Waals surface area (Å²) in [4.78, 5) is 26.6. The molecule has 1 N–H and O–H groups in total. The summed E-state index contributed by atoms with van der Waals surface area (Å²) >= 11 is 0. The highest BCUT2D eigenvalue weighted by Crippen LogP contribution is 2.20. The minimum Gasteiger partial charge on any atom is -0.332 e. The molecule has 0 spiro atoms. The van der Waals surface area contributed by atoms with Crippen LogP contribution in [-0.4, -0.2) is 32.5 Å². The monoisotopic (exact) mass is 356 g/mol. The van der Waals surface area contributed by atoms with Gasteiger partial charge in [-0.05, 0) is 45.9 Å². The fraction of sp³-hybridized carbons (Fsp3) is 0.450. The standard InChI is InChI=1S/C20H28N4O2/c1-7-19(25)21-17-10-8-9-16(11-17)20(26)24(13(2)3)12-18-14(4)22-23(6)15(18)5/h8-11,13H,7,12H2,1-6H3,(H,21,25). The van der Waals surface area contributed by atoms with Gasteiger partial charge in [0.05, 0.1) is 5.69 Å². The number of hydrogen-bond acceptors (Lipinski definition) is 3. The van der Waals surface area contributed by atoms with Crippen molar-refractivity contribution in [3.63, 3.8) is 0 Å². The van der Waals surface area contributed by atoms with Crippen LogP contribution in [0.5, 0.6) is 0 Å². The summed E-state index contributed by atoms with van der Waals surface area (Å²) in [5, 5.41) is 7.25. The Morgan fingerprint density at radius 3 is 2.50 bits per heavy atom. The van der Waals surface area contributed by atoms with Crippen LogP contribution in [-0.2, 0) is 18.4 Å². The number of carbonyl (C=O) groups is 2. The summed E-state index contributed by atoms with van der Waals surface area (Å²) in [7, 11) is 1.91. The maximum atomic E-state index is 13.1. The fourth-order valence-electron chi connectivity index (χ4n) is 2.85. The maximum Gasteiger partial charge on any atom is 0.254 e. The van der Waals surface area contributed by atoms with Crippen LogP contribution in [0.15, 0.2) is 24.3 Å². The van der Waals surface area contributed by atoms with Gasteiger partial charge in [0.2, 0.25) is 5.91 Å². The zero-order valence-electron chi connectivity index (χ0n) is 16.5. The van der Waals surface area contributed by atoms with Crippen LogP contribution < -0.4 is 5.32 Å². The van der Waals surface area contributed by atoms with Crippen LogP contribution in [0.4, 0.5) is 5.69 Å². The second kappa shape index (κ2) is 8.17. The van der Waals surface area contributed by atoms with E-state index in [1.165, 1.54) is 0 Å². The van der Waals surface area contributed by atoms with Crippen molar-refractivity contribution in [1.82, 2.24) is 14.7 Å². The van der Waals surface area contributed by atoms with E-state index >= 15 is 0 Å². The van der Waals surface area contributed by atoms with E-state index in [0.29, 0.717) is 24.2 Å². The molecule has 0 bridgehead atoms. The van der Waals surface area contributed by atoms with Crippen molar-refractivity contribution in [2.24, 2.45) is 7.05 Å². The number of anilines is 1. The van der Waals surface area contributed by atoms with Gasteiger partial charge in [0.1, 0.15) is 0 Å². The molecule has 1 aromatic carbocycles. The summed E-state index contributed by atoms with van der Waals surface area (Å²) in [5.74, 6) is -0.132. The van der Waals surface area contributed by atoms with Crippen molar-refractivity contribution in [3.05, 3.63) is 46.8 Å². The predicted octanol–water partition coefficient (Wildman–Crippen LogP) is 3.44. The van der Waals surface area contributed by atoms with Crippen molar-refractivity contribution in [3.8, 4) is 0 Å². The fourth-order valence-corrected chi connectivity index (χ4v) is 2.85.